The molecule has 2 aromatic carbocycles. The summed E-state index contributed by atoms with van der Waals surface area (Å²) < 4.78 is 0. The molecule has 0 aliphatic carbocycles. The molecule has 0 saturated carbocycles. The molecule has 0 amide bonds. The summed E-state index contributed by atoms with van der Waals surface area (Å²) in [6.45, 7) is 4.02. The standard InChI is InChI=1S/C18H17N5S/c1-13-14(2)24-18(19-13)23-22-17(15-9-5-3-6-10-15)21-20-16-11-7-4-8-12-16/h3-12H,1-2H3,(H,19,23)/b21-20-,22-17+. The fourth-order valence-corrected chi connectivity index (χ4v) is 2.71. The summed E-state index contributed by atoms with van der Waals surface area (Å²) in [5.41, 5.74) is 5.65. The minimum Gasteiger partial charge on any atom is -0.250 e. The monoisotopic (exact) mass is 335 g/mol. The van der Waals surface area contributed by atoms with E-state index in [1.807, 2.05) is 74.5 Å². The number of thiazole rings is 1. The summed E-state index contributed by atoms with van der Waals surface area (Å²) in [7, 11) is 0. The molecule has 0 bridgehead atoms. The predicted molar refractivity (Wildman–Crippen MR) is 99.1 cm³/mol. The maximum Gasteiger partial charge on any atom is 0.203 e. The van der Waals surface area contributed by atoms with Gasteiger partial charge in [-0.15, -0.1) is 21.6 Å². The van der Waals surface area contributed by atoms with Crippen LogP contribution in [0.5, 0.6) is 0 Å². The molecule has 1 N–H and O–H groups in total. The van der Waals surface area contributed by atoms with E-state index in [1.165, 1.54) is 4.88 Å². The van der Waals surface area contributed by atoms with Gasteiger partial charge in [-0.25, -0.2) is 4.98 Å². The predicted octanol–water partition coefficient (Wildman–Crippen LogP) is 5.32. The molecule has 3 rings (SSSR count). The van der Waals surface area contributed by atoms with Crippen LogP contribution < -0.4 is 5.43 Å². The average molecular weight is 335 g/mol. The van der Waals surface area contributed by atoms with Crippen molar-refractivity contribution in [2.24, 2.45) is 15.3 Å². The van der Waals surface area contributed by atoms with Crippen molar-refractivity contribution >= 4 is 28.0 Å². The van der Waals surface area contributed by atoms with Crippen LogP contribution in [0.15, 0.2) is 76.0 Å². The Morgan fingerprint density at radius 1 is 0.958 bits per heavy atom. The van der Waals surface area contributed by atoms with Crippen LogP contribution in [0.4, 0.5) is 10.8 Å². The number of azo groups is 1. The molecule has 0 aliphatic rings. The Labute approximate surface area is 144 Å². The molecule has 0 fully saturated rings. The molecule has 0 radical (unpaired) electrons. The summed E-state index contributed by atoms with van der Waals surface area (Å²) in [5, 5.41) is 13.7. The Balaban J connectivity index is 1.87. The third kappa shape index (κ3) is 4.11. The number of amidine groups is 1. The molecule has 24 heavy (non-hydrogen) atoms. The number of hydrazone groups is 1. The molecule has 0 atom stereocenters. The molecule has 0 unspecified atom stereocenters. The fraction of sp³-hybridized carbons (Fsp3) is 0.111. The lowest BCUT2D eigenvalue weighted by atomic mass is 10.2. The molecule has 1 aromatic heterocycles. The number of rotatable bonds is 4. The molecule has 6 heteroatoms. The molecule has 5 nitrogen and oxygen atoms in total. The molecule has 0 saturated heterocycles. The van der Waals surface area contributed by atoms with Gasteiger partial charge in [0.2, 0.25) is 11.0 Å². The van der Waals surface area contributed by atoms with Crippen LogP contribution in [0.25, 0.3) is 0 Å². The highest BCUT2D eigenvalue weighted by molar-refractivity contribution is 7.15. The second kappa shape index (κ2) is 7.61. The van der Waals surface area contributed by atoms with Crippen LogP contribution >= 0.6 is 11.3 Å². The van der Waals surface area contributed by atoms with E-state index < -0.39 is 0 Å². The first-order valence-corrected chi connectivity index (χ1v) is 8.34. The highest BCUT2D eigenvalue weighted by atomic mass is 32.1. The number of nitrogens with zero attached hydrogens (tertiary/aromatic N) is 4. The van der Waals surface area contributed by atoms with Crippen LogP contribution in [-0.2, 0) is 0 Å². The molecular weight excluding hydrogens is 318 g/mol. The number of aryl methyl sites for hydroxylation is 2. The van der Waals surface area contributed by atoms with Gasteiger partial charge in [0.25, 0.3) is 0 Å². The van der Waals surface area contributed by atoms with Crippen molar-refractivity contribution in [1.29, 1.82) is 0 Å². The summed E-state index contributed by atoms with van der Waals surface area (Å²) in [6, 6.07) is 19.3. The highest BCUT2D eigenvalue weighted by Gasteiger charge is 2.05. The van der Waals surface area contributed by atoms with Gasteiger partial charge in [0.1, 0.15) is 0 Å². The lowest BCUT2D eigenvalue weighted by Crippen LogP contribution is -2.00. The quantitative estimate of drug-likeness (QED) is 0.304. The SMILES string of the molecule is Cc1nc(N/N=C(/N=N\c2ccccc2)c2ccccc2)sc1C. The van der Waals surface area contributed by atoms with E-state index in [0.717, 1.165) is 22.1 Å². The van der Waals surface area contributed by atoms with Gasteiger partial charge in [0.05, 0.1) is 11.4 Å². The van der Waals surface area contributed by atoms with E-state index in [1.54, 1.807) is 11.3 Å². The lowest BCUT2D eigenvalue weighted by molar-refractivity contribution is 1.18. The van der Waals surface area contributed by atoms with Crippen molar-refractivity contribution in [2.45, 2.75) is 13.8 Å². The molecule has 0 spiro atoms. The fourth-order valence-electron chi connectivity index (χ4n) is 1.95. The first kappa shape index (κ1) is 16.0. The molecule has 120 valence electrons. The largest absolute Gasteiger partial charge is 0.250 e. The van der Waals surface area contributed by atoms with Crippen LogP contribution in [0.2, 0.25) is 0 Å². The number of aromatic nitrogens is 1. The van der Waals surface area contributed by atoms with Crippen LogP contribution in [-0.4, -0.2) is 10.8 Å². The average Bonchev–Trinajstić information content (AvgIpc) is 2.94. The Bertz CT molecular complexity index is 834. The van der Waals surface area contributed by atoms with Gasteiger partial charge in [-0.2, -0.15) is 5.10 Å². The first-order valence-electron chi connectivity index (χ1n) is 7.52. The maximum atomic E-state index is 4.42. The minimum atomic E-state index is 0.505. The van der Waals surface area contributed by atoms with Crippen molar-refractivity contribution in [2.75, 3.05) is 5.43 Å². The normalized spacial score (nSPS) is 11.8. The highest BCUT2D eigenvalue weighted by Crippen LogP contribution is 2.21. The van der Waals surface area contributed by atoms with Crippen molar-refractivity contribution < 1.29 is 0 Å². The van der Waals surface area contributed by atoms with Gasteiger partial charge in [-0.1, -0.05) is 48.5 Å². The zero-order valence-electron chi connectivity index (χ0n) is 13.5. The minimum absolute atomic E-state index is 0.505. The summed E-state index contributed by atoms with van der Waals surface area (Å²) in [6.07, 6.45) is 0. The Morgan fingerprint density at radius 3 is 2.25 bits per heavy atom. The van der Waals surface area contributed by atoms with Crippen molar-refractivity contribution in [3.8, 4) is 0 Å². The van der Waals surface area contributed by atoms with E-state index >= 15 is 0 Å². The molecule has 0 aliphatic heterocycles. The smallest absolute Gasteiger partial charge is 0.203 e. The number of nitrogens with one attached hydrogen (secondary N) is 1. The van der Waals surface area contributed by atoms with Crippen LogP contribution in [0.3, 0.4) is 0 Å². The Hall–Kier alpha value is -2.86. The number of benzene rings is 2. The zero-order valence-corrected chi connectivity index (χ0v) is 14.3. The number of hydrogen-bond acceptors (Lipinski definition) is 5. The van der Waals surface area contributed by atoms with E-state index in [9.17, 15) is 0 Å². The van der Waals surface area contributed by atoms with Gasteiger partial charge in [-0.05, 0) is 26.0 Å². The summed E-state index contributed by atoms with van der Waals surface area (Å²) in [4.78, 5) is 5.59. The van der Waals surface area contributed by atoms with E-state index in [2.05, 4.69) is 25.7 Å². The van der Waals surface area contributed by atoms with Crippen molar-refractivity contribution in [1.82, 2.24) is 4.98 Å². The third-order valence-corrected chi connectivity index (χ3v) is 4.31. The zero-order chi connectivity index (χ0) is 16.8. The van der Waals surface area contributed by atoms with E-state index in [4.69, 9.17) is 0 Å². The molecular formula is C18H17N5S. The third-order valence-electron chi connectivity index (χ3n) is 3.33. The second-order valence-electron chi connectivity index (χ2n) is 5.11. The Kier molecular flexibility index (Phi) is 5.08. The van der Waals surface area contributed by atoms with Crippen molar-refractivity contribution in [3.63, 3.8) is 0 Å². The van der Waals surface area contributed by atoms with Crippen molar-refractivity contribution in [3.05, 3.63) is 76.8 Å². The van der Waals surface area contributed by atoms with Gasteiger partial charge < -0.3 is 0 Å². The summed E-state index contributed by atoms with van der Waals surface area (Å²) >= 11 is 1.56. The van der Waals surface area contributed by atoms with Gasteiger partial charge in [0, 0.05) is 10.4 Å². The van der Waals surface area contributed by atoms with Crippen LogP contribution in [0, 0.1) is 13.8 Å². The molecule has 3 aromatic rings. The number of anilines is 1. The topological polar surface area (TPSA) is 62.0 Å². The second-order valence-corrected chi connectivity index (χ2v) is 6.31. The lowest BCUT2D eigenvalue weighted by Gasteiger charge is -2.01. The summed E-state index contributed by atoms with van der Waals surface area (Å²) in [5.74, 6) is 0.505. The maximum absolute atomic E-state index is 4.42. The first-order chi connectivity index (χ1) is 11.7. The molecule has 1 heterocycles. The van der Waals surface area contributed by atoms with Crippen LogP contribution in [0.1, 0.15) is 16.1 Å². The van der Waals surface area contributed by atoms with E-state index in [-0.39, 0.29) is 0 Å². The number of hydrogen-bond donors (Lipinski definition) is 1. The van der Waals surface area contributed by atoms with Gasteiger partial charge in [0.15, 0.2) is 0 Å². The Morgan fingerprint density at radius 2 is 1.62 bits per heavy atom. The van der Waals surface area contributed by atoms with Gasteiger partial charge >= 0.3 is 0 Å². The van der Waals surface area contributed by atoms with E-state index in [0.29, 0.717) is 5.84 Å². The van der Waals surface area contributed by atoms with Gasteiger partial charge in [-0.3, -0.25) is 5.43 Å².